The second-order valence-electron chi connectivity index (χ2n) is 3.85. The van der Waals surface area contributed by atoms with Gasteiger partial charge in [-0.2, -0.15) is 0 Å². The van der Waals surface area contributed by atoms with Gasteiger partial charge in [-0.05, 0) is 30.8 Å². The molecule has 0 N–H and O–H groups in total. The summed E-state index contributed by atoms with van der Waals surface area (Å²) in [6, 6.07) is 0. The van der Waals surface area contributed by atoms with Gasteiger partial charge in [0, 0.05) is 0 Å². The van der Waals surface area contributed by atoms with Crippen molar-refractivity contribution in [1.29, 1.82) is 0 Å². The van der Waals surface area contributed by atoms with Crippen LogP contribution < -0.4 is 0 Å². The van der Waals surface area contributed by atoms with E-state index < -0.39 is 0 Å². The topological polar surface area (TPSA) is 0 Å². The minimum atomic E-state index is -0.319. The molecular weight excluding hydrogens is 175 g/mol. The van der Waals surface area contributed by atoms with Crippen LogP contribution in [-0.2, 0) is 0 Å². The molecule has 0 aromatic heterocycles. The molecule has 14 heavy (non-hydrogen) atoms. The maximum atomic E-state index is 12.7. The predicted molar refractivity (Wildman–Crippen MR) is 61.8 cm³/mol. The van der Waals surface area contributed by atoms with Crippen molar-refractivity contribution < 1.29 is 4.39 Å². The Balaban J connectivity index is 3.93. The van der Waals surface area contributed by atoms with Crippen molar-refractivity contribution in [2.45, 2.75) is 40.0 Å². The van der Waals surface area contributed by atoms with E-state index in [1.165, 1.54) is 6.42 Å². The maximum Gasteiger partial charge on any atom is 0.119 e. The number of rotatable bonds is 6. The smallest absolute Gasteiger partial charge is 0.119 e. The first-order valence-corrected chi connectivity index (χ1v) is 5.28. The third kappa shape index (κ3) is 6.64. The molecule has 0 saturated carbocycles. The van der Waals surface area contributed by atoms with Gasteiger partial charge in [0.2, 0.25) is 0 Å². The van der Waals surface area contributed by atoms with Gasteiger partial charge >= 0.3 is 0 Å². The van der Waals surface area contributed by atoms with E-state index >= 15 is 0 Å². The molecule has 0 nitrogen and oxygen atoms in total. The zero-order valence-corrected chi connectivity index (χ0v) is 9.52. The molecule has 0 rings (SSSR count). The Morgan fingerprint density at radius 1 is 1.43 bits per heavy atom. The Morgan fingerprint density at radius 3 is 2.50 bits per heavy atom. The lowest BCUT2D eigenvalue weighted by Crippen LogP contribution is -1.83. The number of hydrogen-bond acceptors (Lipinski definition) is 0. The summed E-state index contributed by atoms with van der Waals surface area (Å²) >= 11 is 0. The highest BCUT2D eigenvalue weighted by Gasteiger charge is 1.95. The van der Waals surface area contributed by atoms with Crippen LogP contribution in [0.4, 0.5) is 4.39 Å². The van der Waals surface area contributed by atoms with Crippen LogP contribution in [0, 0.1) is 5.92 Å². The summed E-state index contributed by atoms with van der Waals surface area (Å²) in [5.74, 6) is 0.409. The first-order chi connectivity index (χ1) is 6.57. The quantitative estimate of drug-likeness (QED) is 0.535. The summed E-state index contributed by atoms with van der Waals surface area (Å²) in [5, 5.41) is 0. The number of allylic oxidation sites excluding steroid dienone is 5. The summed E-state index contributed by atoms with van der Waals surface area (Å²) in [7, 11) is 0. The SMILES string of the molecule is C=C(F)/C(=C\C=C/CCC(C)C)CC. The van der Waals surface area contributed by atoms with Crippen LogP contribution >= 0.6 is 0 Å². The molecule has 0 aliphatic rings. The van der Waals surface area contributed by atoms with E-state index in [4.69, 9.17) is 0 Å². The van der Waals surface area contributed by atoms with E-state index in [2.05, 4.69) is 26.5 Å². The van der Waals surface area contributed by atoms with E-state index in [-0.39, 0.29) is 5.83 Å². The lowest BCUT2D eigenvalue weighted by Gasteiger charge is -1.99. The fourth-order valence-corrected chi connectivity index (χ4v) is 1.11. The molecule has 0 aliphatic carbocycles. The zero-order chi connectivity index (χ0) is 11.0. The van der Waals surface area contributed by atoms with Gasteiger partial charge in [-0.25, -0.2) is 4.39 Å². The minimum Gasteiger partial charge on any atom is -0.207 e. The molecule has 0 aromatic rings. The second-order valence-corrected chi connectivity index (χ2v) is 3.85. The van der Waals surface area contributed by atoms with Gasteiger partial charge in [-0.3, -0.25) is 0 Å². The highest BCUT2D eigenvalue weighted by molar-refractivity contribution is 5.26. The molecule has 80 valence electrons. The lowest BCUT2D eigenvalue weighted by molar-refractivity contribution is 0.594. The van der Waals surface area contributed by atoms with E-state index in [1.54, 1.807) is 0 Å². The number of halogens is 1. The molecule has 0 aromatic carbocycles. The summed E-state index contributed by atoms with van der Waals surface area (Å²) in [6.45, 7) is 9.61. The van der Waals surface area contributed by atoms with Crippen molar-refractivity contribution in [3.05, 3.63) is 36.2 Å². The predicted octanol–water partition coefficient (Wildman–Crippen LogP) is 4.80. The standard InChI is InChI=1S/C13H21F/c1-5-13(12(4)14)10-8-6-7-9-11(2)3/h6,8,10-11H,4-5,7,9H2,1-3H3/b8-6-,13-10-. The molecule has 0 saturated heterocycles. The summed E-state index contributed by atoms with van der Waals surface area (Å²) < 4.78 is 12.7. The molecule has 1 heteroatoms. The molecular formula is C13H21F. The highest BCUT2D eigenvalue weighted by atomic mass is 19.1. The molecule has 0 amide bonds. The third-order valence-electron chi connectivity index (χ3n) is 2.07. The van der Waals surface area contributed by atoms with Crippen LogP contribution in [0.25, 0.3) is 0 Å². The van der Waals surface area contributed by atoms with E-state index in [1.807, 2.05) is 19.1 Å². The first kappa shape index (κ1) is 13.2. The van der Waals surface area contributed by atoms with Crippen LogP contribution in [0.15, 0.2) is 36.2 Å². The Labute approximate surface area is 87.2 Å². The largest absolute Gasteiger partial charge is 0.207 e. The molecule has 0 heterocycles. The van der Waals surface area contributed by atoms with E-state index in [9.17, 15) is 4.39 Å². The Hall–Kier alpha value is -0.850. The fraction of sp³-hybridized carbons (Fsp3) is 0.538. The highest BCUT2D eigenvalue weighted by Crippen LogP contribution is 2.13. The average Bonchev–Trinajstić information content (AvgIpc) is 2.10. The maximum absolute atomic E-state index is 12.7. The normalized spacial score (nSPS) is 12.8. The van der Waals surface area contributed by atoms with Crippen LogP contribution in [0.1, 0.15) is 40.0 Å². The summed E-state index contributed by atoms with van der Waals surface area (Å²) in [5.41, 5.74) is 0.686. The van der Waals surface area contributed by atoms with Crippen LogP contribution in [-0.4, -0.2) is 0 Å². The van der Waals surface area contributed by atoms with Gasteiger partial charge in [0.25, 0.3) is 0 Å². The van der Waals surface area contributed by atoms with Crippen LogP contribution in [0.2, 0.25) is 0 Å². The van der Waals surface area contributed by atoms with Gasteiger partial charge in [0.1, 0.15) is 5.83 Å². The van der Waals surface area contributed by atoms with Gasteiger partial charge in [-0.15, -0.1) is 0 Å². The van der Waals surface area contributed by atoms with Gasteiger partial charge in [-0.1, -0.05) is 45.6 Å². The fourth-order valence-electron chi connectivity index (χ4n) is 1.11. The summed E-state index contributed by atoms with van der Waals surface area (Å²) in [6.07, 6.45) is 8.75. The van der Waals surface area contributed by atoms with Crippen LogP contribution in [0.5, 0.6) is 0 Å². The molecule has 0 spiro atoms. The Kier molecular flexibility index (Phi) is 7.09. The van der Waals surface area contributed by atoms with Crippen molar-refractivity contribution in [2.75, 3.05) is 0 Å². The van der Waals surface area contributed by atoms with Crippen molar-refractivity contribution in [2.24, 2.45) is 5.92 Å². The first-order valence-electron chi connectivity index (χ1n) is 5.28. The summed E-state index contributed by atoms with van der Waals surface area (Å²) in [4.78, 5) is 0. The second kappa shape index (κ2) is 7.54. The van der Waals surface area contributed by atoms with Crippen LogP contribution in [0.3, 0.4) is 0 Å². The Bertz CT molecular complexity index is 221. The number of hydrogen-bond donors (Lipinski definition) is 0. The van der Waals surface area contributed by atoms with Gasteiger partial charge in [0.05, 0.1) is 0 Å². The molecule has 0 fully saturated rings. The van der Waals surface area contributed by atoms with E-state index in [0.717, 1.165) is 12.3 Å². The molecule has 0 unspecified atom stereocenters. The molecule has 0 radical (unpaired) electrons. The van der Waals surface area contributed by atoms with Crippen molar-refractivity contribution in [1.82, 2.24) is 0 Å². The average molecular weight is 196 g/mol. The lowest BCUT2D eigenvalue weighted by atomic mass is 10.1. The van der Waals surface area contributed by atoms with Crippen molar-refractivity contribution >= 4 is 0 Å². The Morgan fingerprint density at radius 2 is 2.07 bits per heavy atom. The molecule has 0 aliphatic heterocycles. The minimum absolute atomic E-state index is 0.319. The molecule has 0 bridgehead atoms. The monoisotopic (exact) mass is 196 g/mol. The van der Waals surface area contributed by atoms with Gasteiger partial charge < -0.3 is 0 Å². The zero-order valence-electron chi connectivity index (χ0n) is 9.52. The van der Waals surface area contributed by atoms with Crippen molar-refractivity contribution in [3.63, 3.8) is 0 Å². The third-order valence-corrected chi connectivity index (χ3v) is 2.07. The van der Waals surface area contributed by atoms with Crippen molar-refractivity contribution in [3.8, 4) is 0 Å². The van der Waals surface area contributed by atoms with E-state index in [0.29, 0.717) is 12.0 Å². The van der Waals surface area contributed by atoms with Gasteiger partial charge in [0.15, 0.2) is 0 Å². The molecule has 0 atom stereocenters.